The third kappa shape index (κ3) is 3.74. The average Bonchev–Trinajstić information content (AvgIpc) is 2.30. The highest BCUT2D eigenvalue weighted by atomic mass is 16.5. The van der Waals surface area contributed by atoms with Crippen LogP contribution >= 0.6 is 0 Å². The van der Waals surface area contributed by atoms with Crippen LogP contribution in [-0.2, 0) is 0 Å². The summed E-state index contributed by atoms with van der Waals surface area (Å²) in [7, 11) is 0. The lowest BCUT2D eigenvalue weighted by Crippen LogP contribution is -2.36. The van der Waals surface area contributed by atoms with Gasteiger partial charge in [-0.3, -0.25) is 4.90 Å². The number of hydrogen-bond donors (Lipinski definition) is 1. The summed E-state index contributed by atoms with van der Waals surface area (Å²) in [5, 5.41) is 0. The fourth-order valence-corrected chi connectivity index (χ4v) is 1.73. The molecule has 90 valence electrons. The second-order valence-corrected chi connectivity index (χ2v) is 3.95. The number of nitrogens with zero attached hydrogens (tertiary/aromatic N) is 1. The molecule has 0 fully saturated rings. The second kappa shape index (κ2) is 6.38. The summed E-state index contributed by atoms with van der Waals surface area (Å²) in [5.41, 5.74) is 6.38. The molecule has 1 aromatic carbocycles. The molecular weight excluding hydrogens is 200 g/mol. The van der Waals surface area contributed by atoms with Crippen LogP contribution in [0.4, 0.5) is 5.69 Å². The molecule has 1 atom stereocenters. The number of rotatable bonds is 6. The van der Waals surface area contributed by atoms with E-state index >= 15 is 0 Å². The maximum atomic E-state index is 5.71. The fourth-order valence-electron chi connectivity index (χ4n) is 1.73. The SMILES string of the molecule is CCN(CC)C(C)COc1ccc(N)cc1. The monoisotopic (exact) mass is 222 g/mol. The van der Waals surface area contributed by atoms with E-state index < -0.39 is 0 Å². The van der Waals surface area contributed by atoms with Gasteiger partial charge in [-0.2, -0.15) is 0 Å². The van der Waals surface area contributed by atoms with Crippen molar-refractivity contribution in [3.63, 3.8) is 0 Å². The predicted molar refractivity (Wildman–Crippen MR) is 68.7 cm³/mol. The molecule has 0 saturated carbocycles. The maximum absolute atomic E-state index is 5.71. The number of benzene rings is 1. The molecule has 16 heavy (non-hydrogen) atoms. The molecular formula is C13H22N2O. The third-order valence-corrected chi connectivity index (χ3v) is 2.81. The quantitative estimate of drug-likeness (QED) is 0.751. The van der Waals surface area contributed by atoms with E-state index in [0.717, 1.165) is 24.5 Å². The van der Waals surface area contributed by atoms with Crippen molar-refractivity contribution < 1.29 is 4.74 Å². The van der Waals surface area contributed by atoms with Crippen LogP contribution < -0.4 is 10.5 Å². The molecule has 2 N–H and O–H groups in total. The van der Waals surface area contributed by atoms with Crippen LogP contribution in [0, 0.1) is 0 Å². The molecule has 1 rings (SSSR count). The number of hydrogen-bond acceptors (Lipinski definition) is 3. The van der Waals surface area contributed by atoms with Gasteiger partial charge in [0.15, 0.2) is 0 Å². The molecule has 0 aliphatic heterocycles. The normalized spacial score (nSPS) is 12.8. The first-order chi connectivity index (χ1) is 7.67. The van der Waals surface area contributed by atoms with Gasteiger partial charge in [-0.05, 0) is 44.3 Å². The topological polar surface area (TPSA) is 38.5 Å². The van der Waals surface area contributed by atoms with E-state index in [0.29, 0.717) is 12.6 Å². The van der Waals surface area contributed by atoms with Crippen molar-refractivity contribution in [2.45, 2.75) is 26.8 Å². The van der Waals surface area contributed by atoms with Crippen molar-refractivity contribution >= 4 is 5.69 Å². The molecule has 1 unspecified atom stereocenters. The molecule has 0 bridgehead atoms. The number of anilines is 1. The van der Waals surface area contributed by atoms with Crippen LogP contribution in [0.3, 0.4) is 0 Å². The lowest BCUT2D eigenvalue weighted by atomic mass is 10.3. The van der Waals surface area contributed by atoms with Crippen molar-refractivity contribution in [2.75, 3.05) is 25.4 Å². The number of likely N-dealkylation sites (N-methyl/N-ethyl adjacent to an activating group) is 1. The first-order valence-corrected chi connectivity index (χ1v) is 5.89. The standard InChI is InChI=1S/C13H22N2O/c1-4-15(5-2)11(3)10-16-13-8-6-12(14)7-9-13/h6-9,11H,4-5,10,14H2,1-3H3. The first kappa shape index (κ1) is 12.8. The van der Waals surface area contributed by atoms with Crippen molar-refractivity contribution in [1.82, 2.24) is 4.90 Å². The zero-order chi connectivity index (χ0) is 12.0. The highest BCUT2D eigenvalue weighted by molar-refractivity contribution is 5.41. The smallest absolute Gasteiger partial charge is 0.119 e. The lowest BCUT2D eigenvalue weighted by molar-refractivity contribution is 0.158. The summed E-state index contributed by atoms with van der Waals surface area (Å²) in [6.45, 7) is 9.36. The van der Waals surface area contributed by atoms with Gasteiger partial charge in [0, 0.05) is 11.7 Å². The van der Waals surface area contributed by atoms with Gasteiger partial charge in [-0.1, -0.05) is 13.8 Å². The van der Waals surface area contributed by atoms with Gasteiger partial charge in [0.25, 0.3) is 0 Å². The van der Waals surface area contributed by atoms with Crippen LogP contribution in [0.2, 0.25) is 0 Å². The van der Waals surface area contributed by atoms with E-state index in [1.165, 1.54) is 0 Å². The van der Waals surface area contributed by atoms with E-state index in [2.05, 4.69) is 25.7 Å². The Balaban J connectivity index is 2.42. The molecule has 3 heteroatoms. The van der Waals surface area contributed by atoms with Crippen LogP contribution in [0.5, 0.6) is 5.75 Å². The van der Waals surface area contributed by atoms with E-state index in [1.54, 1.807) is 0 Å². The summed E-state index contributed by atoms with van der Waals surface area (Å²) in [6.07, 6.45) is 0. The average molecular weight is 222 g/mol. The molecule has 0 radical (unpaired) electrons. The second-order valence-electron chi connectivity index (χ2n) is 3.95. The minimum absolute atomic E-state index is 0.438. The molecule has 0 aliphatic carbocycles. The zero-order valence-corrected chi connectivity index (χ0v) is 10.4. The summed E-state index contributed by atoms with van der Waals surface area (Å²) in [4.78, 5) is 2.37. The van der Waals surface area contributed by atoms with Crippen LogP contribution in [0.15, 0.2) is 24.3 Å². The highest BCUT2D eigenvalue weighted by Gasteiger charge is 2.10. The van der Waals surface area contributed by atoms with Crippen molar-refractivity contribution in [3.05, 3.63) is 24.3 Å². The summed E-state index contributed by atoms with van der Waals surface area (Å²) >= 11 is 0. The Morgan fingerprint density at radius 2 is 1.75 bits per heavy atom. The molecule has 0 aliphatic rings. The van der Waals surface area contributed by atoms with Crippen molar-refractivity contribution in [3.8, 4) is 5.75 Å². The molecule has 0 heterocycles. The molecule has 0 saturated heterocycles. The third-order valence-electron chi connectivity index (χ3n) is 2.81. The molecule has 0 amide bonds. The lowest BCUT2D eigenvalue weighted by Gasteiger charge is -2.26. The Kier molecular flexibility index (Phi) is 5.12. The Labute approximate surface area is 98.2 Å². The van der Waals surface area contributed by atoms with Crippen molar-refractivity contribution in [1.29, 1.82) is 0 Å². The minimum Gasteiger partial charge on any atom is -0.492 e. The highest BCUT2D eigenvalue weighted by Crippen LogP contribution is 2.13. The van der Waals surface area contributed by atoms with Gasteiger partial charge in [0.2, 0.25) is 0 Å². The Bertz CT molecular complexity index is 293. The Hall–Kier alpha value is -1.22. The van der Waals surface area contributed by atoms with E-state index in [1.807, 2.05) is 24.3 Å². The van der Waals surface area contributed by atoms with Gasteiger partial charge in [0.1, 0.15) is 12.4 Å². The molecule has 3 nitrogen and oxygen atoms in total. The summed E-state index contributed by atoms with van der Waals surface area (Å²) in [5.74, 6) is 0.883. The predicted octanol–water partition coefficient (Wildman–Crippen LogP) is 2.38. The van der Waals surface area contributed by atoms with Crippen molar-refractivity contribution in [2.24, 2.45) is 0 Å². The Morgan fingerprint density at radius 1 is 1.19 bits per heavy atom. The van der Waals surface area contributed by atoms with Gasteiger partial charge >= 0.3 is 0 Å². The minimum atomic E-state index is 0.438. The van der Waals surface area contributed by atoms with Crippen LogP contribution in [-0.4, -0.2) is 30.6 Å². The maximum Gasteiger partial charge on any atom is 0.119 e. The van der Waals surface area contributed by atoms with E-state index in [9.17, 15) is 0 Å². The van der Waals surface area contributed by atoms with E-state index in [-0.39, 0.29) is 0 Å². The zero-order valence-electron chi connectivity index (χ0n) is 10.4. The summed E-state index contributed by atoms with van der Waals surface area (Å²) < 4.78 is 5.71. The number of nitrogens with two attached hydrogens (primary N) is 1. The molecule has 0 spiro atoms. The molecule has 0 aromatic heterocycles. The van der Waals surface area contributed by atoms with Gasteiger partial charge in [-0.25, -0.2) is 0 Å². The number of ether oxygens (including phenoxy) is 1. The van der Waals surface area contributed by atoms with Gasteiger partial charge in [0.05, 0.1) is 0 Å². The first-order valence-electron chi connectivity index (χ1n) is 5.89. The number of nitrogen functional groups attached to an aromatic ring is 1. The van der Waals surface area contributed by atoms with Gasteiger partial charge < -0.3 is 10.5 Å². The fraction of sp³-hybridized carbons (Fsp3) is 0.538. The summed E-state index contributed by atoms with van der Waals surface area (Å²) in [6, 6.07) is 7.97. The van der Waals surface area contributed by atoms with Crippen LogP contribution in [0.25, 0.3) is 0 Å². The van der Waals surface area contributed by atoms with Crippen LogP contribution in [0.1, 0.15) is 20.8 Å². The Morgan fingerprint density at radius 3 is 2.25 bits per heavy atom. The van der Waals surface area contributed by atoms with Gasteiger partial charge in [-0.15, -0.1) is 0 Å². The largest absolute Gasteiger partial charge is 0.492 e. The van der Waals surface area contributed by atoms with E-state index in [4.69, 9.17) is 10.5 Å². The molecule has 1 aromatic rings.